The molecule has 0 radical (unpaired) electrons. The Morgan fingerprint density at radius 3 is 2.50 bits per heavy atom. The van der Waals surface area contributed by atoms with E-state index in [4.69, 9.17) is 0 Å². The van der Waals surface area contributed by atoms with E-state index in [1.165, 1.54) is 6.92 Å². The van der Waals surface area contributed by atoms with E-state index < -0.39 is 5.60 Å². The van der Waals surface area contributed by atoms with Gasteiger partial charge in [-0.25, -0.2) is 0 Å². The number of carbonyl (C=O) groups is 2. The van der Waals surface area contributed by atoms with Crippen molar-refractivity contribution in [2.45, 2.75) is 52.6 Å². The first-order chi connectivity index (χ1) is 8.29. The summed E-state index contributed by atoms with van der Waals surface area (Å²) < 4.78 is 0. The molecule has 3 atom stereocenters. The lowest BCUT2D eigenvalue weighted by atomic mass is 9.64. The molecule has 1 fully saturated rings. The minimum Gasteiger partial charge on any atom is -0.385 e. The number of hydrogen-bond donors (Lipinski definition) is 1. The first-order valence-corrected chi connectivity index (χ1v) is 6.80. The fourth-order valence-corrected chi connectivity index (χ4v) is 3.88. The van der Waals surface area contributed by atoms with Gasteiger partial charge in [0.05, 0.1) is 11.2 Å². The van der Waals surface area contributed by atoms with Crippen molar-refractivity contribution in [3.05, 3.63) is 11.1 Å². The topological polar surface area (TPSA) is 54.4 Å². The van der Waals surface area contributed by atoms with Crippen LogP contribution in [0.4, 0.5) is 0 Å². The smallest absolute Gasteiger partial charge is 0.169 e. The summed E-state index contributed by atoms with van der Waals surface area (Å²) in [5, 5.41) is 11.0. The van der Waals surface area contributed by atoms with Crippen LogP contribution in [0.15, 0.2) is 11.1 Å². The zero-order valence-corrected chi connectivity index (χ0v) is 11.6. The molecule has 1 saturated carbocycles. The van der Waals surface area contributed by atoms with Crippen LogP contribution in [0.3, 0.4) is 0 Å². The highest BCUT2D eigenvalue weighted by molar-refractivity contribution is 6.22. The Morgan fingerprint density at radius 2 is 2.00 bits per heavy atom. The second-order valence-corrected chi connectivity index (χ2v) is 6.20. The van der Waals surface area contributed by atoms with E-state index in [-0.39, 0.29) is 35.4 Å². The van der Waals surface area contributed by atoms with E-state index in [2.05, 4.69) is 13.8 Å². The minimum absolute atomic E-state index is 0.0875. The van der Waals surface area contributed by atoms with Gasteiger partial charge in [-0.3, -0.25) is 9.59 Å². The highest BCUT2D eigenvalue weighted by Crippen LogP contribution is 2.51. The van der Waals surface area contributed by atoms with Crippen molar-refractivity contribution in [3.8, 4) is 0 Å². The van der Waals surface area contributed by atoms with Gasteiger partial charge >= 0.3 is 0 Å². The second kappa shape index (κ2) is 4.30. The molecule has 3 heteroatoms. The Labute approximate surface area is 108 Å². The van der Waals surface area contributed by atoms with E-state index in [9.17, 15) is 14.7 Å². The second-order valence-electron chi connectivity index (χ2n) is 6.20. The quantitative estimate of drug-likeness (QED) is 0.765. The molecule has 0 aromatic rings. The van der Waals surface area contributed by atoms with Crippen LogP contribution in [-0.4, -0.2) is 22.3 Å². The molecular formula is C15H22O3. The van der Waals surface area contributed by atoms with Gasteiger partial charge in [0.25, 0.3) is 0 Å². The summed E-state index contributed by atoms with van der Waals surface area (Å²) in [6.07, 6.45) is 1.98. The molecule has 0 unspecified atom stereocenters. The number of Topliss-reactive ketones (excluding diaryl/α,β-unsaturated/α-hetero) is 2. The van der Waals surface area contributed by atoms with Crippen molar-refractivity contribution in [1.82, 2.24) is 0 Å². The van der Waals surface area contributed by atoms with Gasteiger partial charge in [0.2, 0.25) is 0 Å². The third-order valence-electron chi connectivity index (χ3n) is 4.62. The van der Waals surface area contributed by atoms with Gasteiger partial charge in [0.1, 0.15) is 0 Å². The number of carbonyl (C=O) groups excluding carboxylic acids is 2. The average Bonchev–Trinajstić information content (AvgIpc) is 2.49. The van der Waals surface area contributed by atoms with Gasteiger partial charge in [-0.05, 0) is 43.1 Å². The first-order valence-electron chi connectivity index (χ1n) is 6.80. The zero-order chi connectivity index (χ0) is 13.7. The molecule has 0 aromatic carbocycles. The molecule has 100 valence electrons. The predicted molar refractivity (Wildman–Crippen MR) is 69.0 cm³/mol. The Morgan fingerprint density at radius 1 is 1.39 bits per heavy atom. The molecule has 3 nitrogen and oxygen atoms in total. The molecule has 1 N–H and O–H groups in total. The molecule has 2 aliphatic carbocycles. The summed E-state index contributed by atoms with van der Waals surface area (Å²) in [6.45, 7) is 7.59. The molecule has 0 spiro atoms. The molecule has 18 heavy (non-hydrogen) atoms. The largest absolute Gasteiger partial charge is 0.385 e. The fraction of sp³-hybridized carbons (Fsp3) is 0.733. The van der Waals surface area contributed by atoms with Crippen LogP contribution in [0, 0.1) is 17.8 Å². The summed E-state index contributed by atoms with van der Waals surface area (Å²) in [6, 6.07) is 0. The maximum absolute atomic E-state index is 12.1. The molecule has 2 aliphatic rings. The average molecular weight is 250 g/mol. The lowest BCUT2D eigenvalue weighted by molar-refractivity contribution is -0.122. The van der Waals surface area contributed by atoms with Crippen LogP contribution < -0.4 is 0 Å². The van der Waals surface area contributed by atoms with Crippen LogP contribution in [-0.2, 0) is 9.59 Å². The highest BCUT2D eigenvalue weighted by Gasteiger charge is 2.54. The van der Waals surface area contributed by atoms with Gasteiger partial charge in [-0.1, -0.05) is 20.8 Å². The molecule has 0 amide bonds. The van der Waals surface area contributed by atoms with Crippen molar-refractivity contribution >= 4 is 11.6 Å². The van der Waals surface area contributed by atoms with Gasteiger partial charge < -0.3 is 5.11 Å². The van der Waals surface area contributed by atoms with Crippen molar-refractivity contribution in [2.24, 2.45) is 17.8 Å². The number of fused-ring (bicyclic) bond motifs is 1. The van der Waals surface area contributed by atoms with Crippen LogP contribution >= 0.6 is 0 Å². The summed E-state index contributed by atoms with van der Waals surface area (Å²) in [5.74, 6) is 0.179. The van der Waals surface area contributed by atoms with E-state index in [0.29, 0.717) is 5.92 Å². The SMILES string of the molecule is CC(=O)C1=C2[C@@H](C)CC[C@H](C(C)C)[C@@]2(O)CC1=O. The number of rotatable bonds is 2. The predicted octanol–water partition coefficient (Wildman–Crippen LogP) is 2.28. The summed E-state index contributed by atoms with van der Waals surface area (Å²) in [5.41, 5.74) is -0.0514. The summed E-state index contributed by atoms with van der Waals surface area (Å²) in [4.78, 5) is 23.7. The molecule has 0 saturated heterocycles. The van der Waals surface area contributed by atoms with E-state index in [1.807, 2.05) is 6.92 Å². The standard InChI is InChI=1S/C15H22O3/c1-8(2)11-6-5-9(3)14-13(10(4)16)12(17)7-15(11,14)18/h8-9,11,18H,5-7H2,1-4H3/t9-,11+,15-/m0/s1. The van der Waals surface area contributed by atoms with Crippen LogP contribution in [0.1, 0.15) is 47.0 Å². The van der Waals surface area contributed by atoms with Crippen LogP contribution in [0.5, 0.6) is 0 Å². The normalized spacial score (nSPS) is 36.2. The van der Waals surface area contributed by atoms with E-state index in [0.717, 1.165) is 18.4 Å². The molecule has 0 heterocycles. The number of aliphatic hydroxyl groups is 1. The fourth-order valence-electron chi connectivity index (χ4n) is 3.88. The van der Waals surface area contributed by atoms with Gasteiger partial charge in [0, 0.05) is 6.42 Å². The molecule has 0 bridgehead atoms. The van der Waals surface area contributed by atoms with Gasteiger partial charge in [-0.15, -0.1) is 0 Å². The lowest BCUT2D eigenvalue weighted by Crippen LogP contribution is -2.46. The van der Waals surface area contributed by atoms with Crippen molar-refractivity contribution in [3.63, 3.8) is 0 Å². The van der Waals surface area contributed by atoms with Gasteiger partial charge in [-0.2, -0.15) is 0 Å². The van der Waals surface area contributed by atoms with E-state index in [1.54, 1.807) is 0 Å². The Kier molecular flexibility index (Phi) is 3.22. The maximum Gasteiger partial charge on any atom is 0.169 e. The zero-order valence-electron chi connectivity index (χ0n) is 11.6. The third kappa shape index (κ3) is 1.76. The number of ketones is 2. The van der Waals surface area contributed by atoms with Crippen LogP contribution in [0.2, 0.25) is 0 Å². The van der Waals surface area contributed by atoms with Crippen molar-refractivity contribution in [2.75, 3.05) is 0 Å². The molecule has 0 aliphatic heterocycles. The van der Waals surface area contributed by atoms with Crippen LogP contribution in [0.25, 0.3) is 0 Å². The van der Waals surface area contributed by atoms with Crippen molar-refractivity contribution < 1.29 is 14.7 Å². The summed E-state index contributed by atoms with van der Waals surface area (Å²) in [7, 11) is 0. The highest BCUT2D eigenvalue weighted by atomic mass is 16.3. The molecular weight excluding hydrogens is 228 g/mol. The molecule has 0 aromatic heterocycles. The van der Waals surface area contributed by atoms with E-state index >= 15 is 0 Å². The monoisotopic (exact) mass is 250 g/mol. The Balaban J connectivity index is 2.56. The Bertz CT molecular complexity index is 433. The third-order valence-corrected chi connectivity index (χ3v) is 4.62. The minimum atomic E-state index is -1.07. The first kappa shape index (κ1) is 13.5. The van der Waals surface area contributed by atoms with Gasteiger partial charge in [0.15, 0.2) is 11.6 Å². The molecule has 2 rings (SSSR count). The number of allylic oxidation sites excluding steroid dienone is 1. The summed E-state index contributed by atoms with van der Waals surface area (Å²) >= 11 is 0. The Hall–Kier alpha value is -0.960. The number of hydrogen-bond acceptors (Lipinski definition) is 3. The maximum atomic E-state index is 12.1. The lowest BCUT2D eigenvalue weighted by Gasteiger charge is -2.44. The van der Waals surface area contributed by atoms with Crippen molar-refractivity contribution in [1.29, 1.82) is 0 Å².